The average Bonchev–Trinajstić information content (AvgIpc) is 0.918. The van der Waals surface area contributed by atoms with Crippen LogP contribution in [-0.4, -0.2) is 16.4 Å². The quantitative estimate of drug-likeness (QED) is 0.369. The van der Waals surface area contributed by atoms with Crippen molar-refractivity contribution in [3.8, 4) is 0 Å². The van der Waals surface area contributed by atoms with Gasteiger partial charge in [-0.2, -0.15) is 0 Å². The Morgan fingerprint density at radius 2 is 0.833 bits per heavy atom. The van der Waals surface area contributed by atoms with Gasteiger partial charge in [-0.25, -0.2) is 0 Å². The van der Waals surface area contributed by atoms with Gasteiger partial charge < -0.3 is 16.4 Å². The summed E-state index contributed by atoms with van der Waals surface area (Å²) in [6, 6.07) is 0. The molecule has 0 aromatic rings. The topological polar surface area (TPSA) is 94.5 Å². The molecule has 0 saturated carbocycles. The average molecular weight is 98.1 g/mol. The van der Waals surface area contributed by atoms with E-state index >= 15 is 0 Å². The molecule has 0 unspecified atom stereocenters. The molecule has 0 atom stereocenters. The second-order valence-corrected chi connectivity index (χ2v) is 0.707. The van der Waals surface area contributed by atoms with Crippen LogP contribution in [-0.2, 0) is 0 Å². The first-order valence-corrected chi connectivity index (χ1v) is 1.41. The standard InChI is InChI=1S/C3H8.3H2O/c1-3-2;;;/h3H2,1-2H3;3*1H2. The maximum absolute atomic E-state index is 2.12. The van der Waals surface area contributed by atoms with Crippen LogP contribution >= 0.6 is 0 Å². The van der Waals surface area contributed by atoms with Gasteiger partial charge in [-0.15, -0.1) is 0 Å². The first-order valence-electron chi connectivity index (χ1n) is 1.41. The summed E-state index contributed by atoms with van der Waals surface area (Å²) in [4.78, 5) is 0. The maximum atomic E-state index is 2.12. The molecule has 0 aromatic heterocycles. The summed E-state index contributed by atoms with van der Waals surface area (Å²) in [5.74, 6) is 0. The highest BCUT2D eigenvalue weighted by Crippen LogP contribution is 1.56. The molecule has 0 heterocycles. The lowest BCUT2D eigenvalue weighted by Crippen LogP contribution is -1.27. The second kappa shape index (κ2) is 94.9. The molecule has 3 nitrogen and oxygen atoms in total. The van der Waals surface area contributed by atoms with Crippen LogP contribution in [0.2, 0.25) is 0 Å². The van der Waals surface area contributed by atoms with Crippen LogP contribution in [0.1, 0.15) is 20.3 Å². The van der Waals surface area contributed by atoms with Crippen LogP contribution in [0.3, 0.4) is 0 Å². The van der Waals surface area contributed by atoms with Crippen molar-refractivity contribution < 1.29 is 16.4 Å². The zero-order valence-electron chi connectivity index (χ0n) is 4.21. The minimum atomic E-state index is 0. The molecular weight excluding hydrogens is 84.0 g/mol. The Bertz CT molecular complexity index is 6.00. The monoisotopic (exact) mass is 98.1 g/mol. The Balaban J connectivity index is -0.00000000667. The normalized spacial score (nSPS) is 3.00. The van der Waals surface area contributed by atoms with E-state index in [4.69, 9.17) is 0 Å². The minimum absolute atomic E-state index is 0. The summed E-state index contributed by atoms with van der Waals surface area (Å²) in [6.07, 6.45) is 1.25. The third kappa shape index (κ3) is 2230. The zero-order chi connectivity index (χ0) is 2.71. The van der Waals surface area contributed by atoms with Crippen molar-refractivity contribution >= 4 is 0 Å². The highest BCUT2D eigenvalue weighted by molar-refractivity contribution is 3.92. The molecule has 0 bridgehead atoms. The number of hydrogen-bond donors (Lipinski definition) is 0. The van der Waals surface area contributed by atoms with Crippen molar-refractivity contribution in [1.82, 2.24) is 0 Å². The van der Waals surface area contributed by atoms with Gasteiger partial charge in [0.2, 0.25) is 0 Å². The molecule has 0 aliphatic rings. The van der Waals surface area contributed by atoms with Crippen LogP contribution in [0.25, 0.3) is 0 Å². The van der Waals surface area contributed by atoms with Gasteiger partial charge in [0.1, 0.15) is 0 Å². The largest absolute Gasteiger partial charge is 0.412 e. The molecule has 0 rings (SSSR count). The van der Waals surface area contributed by atoms with Crippen LogP contribution in [0.4, 0.5) is 0 Å². The molecule has 0 spiro atoms. The summed E-state index contributed by atoms with van der Waals surface area (Å²) in [5, 5.41) is 0. The van der Waals surface area contributed by atoms with E-state index in [9.17, 15) is 0 Å². The summed E-state index contributed by atoms with van der Waals surface area (Å²) in [7, 11) is 0. The molecule has 0 aromatic carbocycles. The third-order valence-electron chi connectivity index (χ3n) is 0. The van der Waals surface area contributed by atoms with Gasteiger partial charge in [-0.1, -0.05) is 20.3 Å². The molecule has 6 heavy (non-hydrogen) atoms. The molecule has 0 fully saturated rings. The fourth-order valence-electron chi connectivity index (χ4n) is 0. The van der Waals surface area contributed by atoms with E-state index in [0.717, 1.165) is 0 Å². The van der Waals surface area contributed by atoms with Gasteiger partial charge >= 0.3 is 0 Å². The van der Waals surface area contributed by atoms with Crippen molar-refractivity contribution in [2.75, 3.05) is 0 Å². The number of hydrogen-bond acceptors (Lipinski definition) is 0. The highest BCUT2D eigenvalue weighted by atomic mass is 16.0. The van der Waals surface area contributed by atoms with E-state index in [1.807, 2.05) is 0 Å². The fraction of sp³-hybridized carbons (Fsp3) is 1.00. The minimum Gasteiger partial charge on any atom is -0.412 e. The molecule has 44 valence electrons. The maximum Gasteiger partial charge on any atom is -0.0590 e. The van der Waals surface area contributed by atoms with Crippen LogP contribution < -0.4 is 0 Å². The van der Waals surface area contributed by atoms with Crippen molar-refractivity contribution in [2.24, 2.45) is 0 Å². The first kappa shape index (κ1) is 39.6. The van der Waals surface area contributed by atoms with E-state index in [2.05, 4.69) is 13.8 Å². The van der Waals surface area contributed by atoms with Crippen LogP contribution in [0, 0.1) is 0 Å². The van der Waals surface area contributed by atoms with E-state index in [1.165, 1.54) is 6.42 Å². The van der Waals surface area contributed by atoms with Crippen molar-refractivity contribution in [3.63, 3.8) is 0 Å². The Hall–Kier alpha value is -0.120. The Kier molecular flexibility index (Phi) is 626. The molecule has 3 heteroatoms. The van der Waals surface area contributed by atoms with Gasteiger partial charge in [0.25, 0.3) is 0 Å². The van der Waals surface area contributed by atoms with Gasteiger partial charge in [-0.05, 0) is 0 Å². The van der Waals surface area contributed by atoms with E-state index in [1.54, 1.807) is 0 Å². The third-order valence-corrected chi connectivity index (χ3v) is 0. The smallest absolute Gasteiger partial charge is 0.0590 e. The molecule has 0 radical (unpaired) electrons. The predicted molar refractivity (Wildman–Crippen MR) is 26.8 cm³/mol. The molecule has 0 aliphatic heterocycles. The van der Waals surface area contributed by atoms with E-state index < -0.39 is 0 Å². The number of rotatable bonds is 0. The zero-order valence-corrected chi connectivity index (χ0v) is 4.21. The van der Waals surface area contributed by atoms with Gasteiger partial charge in [-0.3, -0.25) is 0 Å². The molecular formula is C3H14O3. The van der Waals surface area contributed by atoms with Crippen molar-refractivity contribution in [1.29, 1.82) is 0 Å². The Morgan fingerprint density at radius 3 is 0.833 bits per heavy atom. The first-order chi connectivity index (χ1) is 1.41. The molecule has 0 saturated heterocycles. The van der Waals surface area contributed by atoms with Crippen molar-refractivity contribution in [3.05, 3.63) is 0 Å². The predicted octanol–water partition coefficient (Wildman–Crippen LogP) is -1.06. The molecule has 0 aliphatic carbocycles. The van der Waals surface area contributed by atoms with Crippen LogP contribution in [0.5, 0.6) is 0 Å². The summed E-state index contributed by atoms with van der Waals surface area (Å²) in [5.41, 5.74) is 0. The van der Waals surface area contributed by atoms with Crippen LogP contribution in [0.15, 0.2) is 0 Å². The molecule has 6 N–H and O–H groups in total. The molecule has 0 amide bonds. The SMILES string of the molecule is CCC.O.O.O. The summed E-state index contributed by atoms with van der Waals surface area (Å²) >= 11 is 0. The van der Waals surface area contributed by atoms with Gasteiger partial charge in [0, 0.05) is 0 Å². The Labute approximate surface area is 37.9 Å². The van der Waals surface area contributed by atoms with Gasteiger partial charge in [0.15, 0.2) is 0 Å². The van der Waals surface area contributed by atoms with Crippen molar-refractivity contribution in [2.45, 2.75) is 20.3 Å². The Morgan fingerprint density at radius 1 is 0.833 bits per heavy atom. The summed E-state index contributed by atoms with van der Waals surface area (Å²) in [6.45, 7) is 4.25. The van der Waals surface area contributed by atoms with Gasteiger partial charge in [0.05, 0.1) is 0 Å². The fourth-order valence-corrected chi connectivity index (χ4v) is 0. The lowest BCUT2D eigenvalue weighted by molar-refractivity contribution is 0.823. The lowest BCUT2D eigenvalue weighted by Gasteiger charge is -1.48. The lowest BCUT2D eigenvalue weighted by atomic mass is 10.6. The highest BCUT2D eigenvalue weighted by Gasteiger charge is 1.35. The second-order valence-electron chi connectivity index (χ2n) is 0.707. The van der Waals surface area contributed by atoms with E-state index in [0.29, 0.717) is 0 Å². The van der Waals surface area contributed by atoms with E-state index in [-0.39, 0.29) is 16.4 Å². The summed E-state index contributed by atoms with van der Waals surface area (Å²) < 4.78 is 0.